The zero-order chi connectivity index (χ0) is 16.4. The fourth-order valence-corrected chi connectivity index (χ4v) is 2.59. The van der Waals surface area contributed by atoms with E-state index >= 15 is 0 Å². The molecule has 116 valence electrons. The van der Waals surface area contributed by atoms with Crippen molar-refractivity contribution >= 4 is 16.8 Å². The van der Waals surface area contributed by atoms with E-state index in [2.05, 4.69) is 4.98 Å². The number of rotatable bonds is 3. The van der Waals surface area contributed by atoms with Gasteiger partial charge < -0.3 is 4.90 Å². The van der Waals surface area contributed by atoms with Gasteiger partial charge in [-0.2, -0.15) is 0 Å². The molecule has 3 rings (SSSR count). The van der Waals surface area contributed by atoms with Crippen LogP contribution in [0.5, 0.6) is 0 Å². The summed E-state index contributed by atoms with van der Waals surface area (Å²) in [5.41, 5.74) is 2.78. The molecule has 0 saturated heterocycles. The summed E-state index contributed by atoms with van der Waals surface area (Å²) in [7, 11) is 1.77. The van der Waals surface area contributed by atoms with Gasteiger partial charge in [0.25, 0.3) is 5.91 Å². The first-order valence-electron chi connectivity index (χ1n) is 7.41. The molecule has 0 unspecified atom stereocenters. The van der Waals surface area contributed by atoms with Gasteiger partial charge in [0.2, 0.25) is 0 Å². The van der Waals surface area contributed by atoms with Gasteiger partial charge in [0.1, 0.15) is 5.82 Å². The molecule has 23 heavy (non-hydrogen) atoms. The first-order chi connectivity index (χ1) is 11.0. The average Bonchev–Trinajstić information content (AvgIpc) is 2.54. The second-order valence-electron chi connectivity index (χ2n) is 5.61. The smallest absolute Gasteiger partial charge is 0.255 e. The summed E-state index contributed by atoms with van der Waals surface area (Å²) < 4.78 is 13.3. The molecule has 3 nitrogen and oxygen atoms in total. The van der Waals surface area contributed by atoms with Crippen LogP contribution in [0, 0.1) is 12.7 Å². The van der Waals surface area contributed by atoms with Crippen LogP contribution in [0.1, 0.15) is 21.6 Å². The predicted octanol–water partition coefficient (Wildman–Crippen LogP) is 3.95. The molecule has 0 aliphatic rings. The van der Waals surface area contributed by atoms with Crippen molar-refractivity contribution in [3.63, 3.8) is 0 Å². The highest BCUT2D eigenvalue weighted by Crippen LogP contribution is 2.19. The number of hydrogen-bond donors (Lipinski definition) is 0. The molecule has 0 saturated carbocycles. The number of pyridine rings is 1. The molecule has 0 aliphatic heterocycles. The van der Waals surface area contributed by atoms with Gasteiger partial charge in [-0.05, 0) is 30.7 Å². The fourth-order valence-electron chi connectivity index (χ4n) is 2.59. The van der Waals surface area contributed by atoms with E-state index in [9.17, 15) is 9.18 Å². The Hall–Kier alpha value is -2.75. The summed E-state index contributed by atoms with van der Waals surface area (Å²) in [5.74, 6) is -0.422. The minimum Gasteiger partial charge on any atom is -0.337 e. The summed E-state index contributed by atoms with van der Waals surface area (Å²) in [6.45, 7) is 2.30. The number of halogens is 1. The van der Waals surface area contributed by atoms with Gasteiger partial charge in [-0.3, -0.25) is 9.78 Å². The predicted molar refractivity (Wildman–Crippen MR) is 88.7 cm³/mol. The lowest BCUT2D eigenvalue weighted by atomic mass is 10.1. The molecule has 0 radical (unpaired) electrons. The summed E-state index contributed by atoms with van der Waals surface area (Å²) >= 11 is 0. The molecule has 1 heterocycles. The molecule has 0 aliphatic carbocycles. The molecule has 0 atom stereocenters. The van der Waals surface area contributed by atoms with E-state index in [1.54, 1.807) is 31.0 Å². The monoisotopic (exact) mass is 308 g/mol. The quantitative estimate of drug-likeness (QED) is 0.734. The number of carbonyl (C=O) groups is 1. The Labute approximate surface area is 134 Å². The van der Waals surface area contributed by atoms with Gasteiger partial charge in [0.05, 0.1) is 16.8 Å². The number of hydrogen-bond acceptors (Lipinski definition) is 2. The number of carbonyl (C=O) groups excluding carboxylic acids is 1. The molecule has 2 aromatic carbocycles. The topological polar surface area (TPSA) is 33.2 Å². The van der Waals surface area contributed by atoms with E-state index in [-0.39, 0.29) is 11.7 Å². The lowest BCUT2D eigenvalue weighted by Gasteiger charge is -2.18. The Morgan fingerprint density at radius 1 is 1.13 bits per heavy atom. The minimum absolute atomic E-state index is 0.0925. The SMILES string of the molecule is Cc1nc2cc(F)ccc2cc1C(=O)N(C)Cc1ccccc1. The van der Waals surface area contributed by atoms with Crippen molar-refractivity contribution in [1.82, 2.24) is 9.88 Å². The van der Waals surface area contributed by atoms with Gasteiger partial charge in [0, 0.05) is 25.0 Å². The summed E-state index contributed by atoms with van der Waals surface area (Å²) in [6, 6.07) is 16.0. The van der Waals surface area contributed by atoms with Crippen LogP contribution in [-0.4, -0.2) is 22.8 Å². The van der Waals surface area contributed by atoms with E-state index in [4.69, 9.17) is 0 Å². The first kappa shape index (κ1) is 15.2. The number of benzene rings is 2. The van der Waals surface area contributed by atoms with Crippen molar-refractivity contribution in [1.29, 1.82) is 0 Å². The van der Waals surface area contributed by atoms with Gasteiger partial charge in [-0.1, -0.05) is 30.3 Å². The number of fused-ring (bicyclic) bond motifs is 1. The van der Waals surface area contributed by atoms with Crippen molar-refractivity contribution < 1.29 is 9.18 Å². The average molecular weight is 308 g/mol. The highest BCUT2D eigenvalue weighted by Gasteiger charge is 2.16. The fraction of sp³-hybridized carbons (Fsp3) is 0.158. The number of aryl methyl sites for hydroxylation is 1. The van der Waals surface area contributed by atoms with E-state index in [1.165, 1.54) is 12.1 Å². The molecule has 0 spiro atoms. The van der Waals surface area contributed by atoms with Crippen LogP contribution in [0.4, 0.5) is 4.39 Å². The Balaban J connectivity index is 1.91. The molecular formula is C19H17FN2O. The van der Waals surface area contributed by atoms with Crippen LogP contribution in [-0.2, 0) is 6.54 Å². The maximum Gasteiger partial charge on any atom is 0.255 e. The summed E-state index contributed by atoms with van der Waals surface area (Å²) in [6.07, 6.45) is 0. The third-order valence-corrected chi connectivity index (χ3v) is 3.81. The molecule has 0 bridgehead atoms. The van der Waals surface area contributed by atoms with Crippen molar-refractivity contribution in [2.24, 2.45) is 0 Å². The normalized spacial score (nSPS) is 10.7. The standard InChI is InChI=1S/C19H17FN2O/c1-13-17(10-15-8-9-16(20)11-18(15)21-13)19(23)22(2)12-14-6-4-3-5-7-14/h3-11H,12H2,1-2H3. The van der Waals surface area contributed by atoms with Crippen molar-refractivity contribution in [2.45, 2.75) is 13.5 Å². The maximum atomic E-state index is 13.3. The van der Waals surface area contributed by atoms with Gasteiger partial charge in [0.15, 0.2) is 0 Å². The maximum absolute atomic E-state index is 13.3. The minimum atomic E-state index is -0.329. The molecular weight excluding hydrogens is 291 g/mol. The Morgan fingerprint density at radius 2 is 1.87 bits per heavy atom. The highest BCUT2D eigenvalue weighted by atomic mass is 19.1. The van der Waals surface area contributed by atoms with E-state index < -0.39 is 0 Å². The van der Waals surface area contributed by atoms with Crippen LogP contribution in [0.3, 0.4) is 0 Å². The largest absolute Gasteiger partial charge is 0.337 e. The van der Waals surface area contributed by atoms with E-state index in [0.717, 1.165) is 10.9 Å². The molecule has 1 aromatic heterocycles. The van der Waals surface area contributed by atoms with Gasteiger partial charge in [-0.25, -0.2) is 4.39 Å². The van der Waals surface area contributed by atoms with Crippen LogP contribution in [0.2, 0.25) is 0 Å². The second kappa shape index (κ2) is 6.16. The lowest BCUT2D eigenvalue weighted by Crippen LogP contribution is -2.27. The molecule has 0 N–H and O–H groups in total. The van der Waals surface area contributed by atoms with E-state index in [0.29, 0.717) is 23.3 Å². The zero-order valence-corrected chi connectivity index (χ0v) is 13.1. The molecule has 0 fully saturated rings. The summed E-state index contributed by atoms with van der Waals surface area (Å²) in [4.78, 5) is 18.7. The Kier molecular flexibility index (Phi) is 4.06. The third kappa shape index (κ3) is 3.21. The Morgan fingerprint density at radius 3 is 2.61 bits per heavy atom. The number of amides is 1. The van der Waals surface area contributed by atoms with Crippen LogP contribution < -0.4 is 0 Å². The van der Waals surface area contributed by atoms with E-state index in [1.807, 2.05) is 30.3 Å². The zero-order valence-electron chi connectivity index (χ0n) is 13.1. The number of nitrogens with zero attached hydrogens (tertiary/aromatic N) is 2. The van der Waals surface area contributed by atoms with Gasteiger partial charge in [-0.15, -0.1) is 0 Å². The third-order valence-electron chi connectivity index (χ3n) is 3.81. The lowest BCUT2D eigenvalue weighted by molar-refractivity contribution is 0.0784. The number of aromatic nitrogens is 1. The molecule has 1 amide bonds. The molecule has 3 aromatic rings. The van der Waals surface area contributed by atoms with Crippen LogP contribution >= 0.6 is 0 Å². The van der Waals surface area contributed by atoms with Crippen molar-refractivity contribution in [2.75, 3.05) is 7.05 Å². The van der Waals surface area contributed by atoms with Crippen LogP contribution in [0.25, 0.3) is 10.9 Å². The first-order valence-corrected chi connectivity index (χ1v) is 7.41. The van der Waals surface area contributed by atoms with Crippen molar-refractivity contribution in [3.05, 3.63) is 77.2 Å². The van der Waals surface area contributed by atoms with Crippen molar-refractivity contribution in [3.8, 4) is 0 Å². The molecule has 4 heteroatoms. The van der Waals surface area contributed by atoms with Gasteiger partial charge >= 0.3 is 0 Å². The summed E-state index contributed by atoms with van der Waals surface area (Å²) in [5, 5.41) is 0.758. The second-order valence-corrected chi connectivity index (χ2v) is 5.61. The van der Waals surface area contributed by atoms with Crippen LogP contribution in [0.15, 0.2) is 54.6 Å². The highest BCUT2D eigenvalue weighted by molar-refractivity contribution is 5.98. The Bertz CT molecular complexity index is 862.